The molecule has 0 bridgehead atoms. The van der Waals surface area contributed by atoms with Gasteiger partial charge in [0.05, 0.1) is 0 Å². The lowest BCUT2D eigenvalue weighted by Crippen LogP contribution is -1.84. The predicted octanol–water partition coefficient (Wildman–Crippen LogP) is -0.805. The van der Waals surface area contributed by atoms with Crippen LogP contribution in [0.2, 0.25) is 5.59 Å². The van der Waals surface area contributed by atoms with Crippen molar-refractivity contribution < 1.29 is 1.37 Å². The Kier molecular flexibility index (Phi) is 0.917. The van der Waals surface area contributed by atoms with Crippen molar-refractivity contribution in [2.75, 3.05) is 0 Å². The van der Waals surface area contributed by atoms with E-state index in [1.54, 1.807) is 0 Å². The van der Waals surface area contributed by atoms with Gasteiger partial charge in [0, 0.05) is 24.9 Å². The van der Waals surface area contributed by atoms with E-state index in [2.05, 4.69) is 23.5 Å². The summed E-state index contributed by atoms with van der Waals surface area (Å²) in [5.74, 6) is 0. The quantitative estimate of drug-likeness (QED) is 0.313. The molecule has 0 amide bonds. The molecule has 0 aromatic heterocycles. The molecule has 14 valence electrons. The van der Waals surface area contributed by atoms with Crippen LogP contribution in [-0.2, 0) is 0 Å². The first kappa shape index (κ1) is 2.43. The average molecular weight is 46.5 g/mol. The third-order valence-corrected chi connectivity index (χ3v) is 0. The fourth-order valence-corrected chi connectivity index (χ4v) is 0. The lowest BCUT2D eigenvalue weighted by atomic mass is 9.58. The van der Waals surface area contributed by atoms with Gasteiger partial charge in [-0.15, -0.1) is 5.59 Å². The van der Waals surface area contributed by atoms with Gasteiger partial charge < -0.3 is 0 Å². The van der Waals surface area contributed by atoms with E-state index in [9.17, 15) is 0 Å². The van der Waals surface area contributed by atoms with Crippen molar-refractivity contribution >= 4 is 23.5 Å². The molecule has 3 heteroatoms. The van der Waals surface area contributed by atoms with E-state index >= 15 is 0 Å². The van der Waals surface area contributed by atoms with E-state index < -0.39 is 5.59 Å². The van der Waals surface area contributed by atoms with Crippen LogP contribution in [0.15, 0.2) is 0 Å². The molecule has 0 aromatic rings. The molecule has 0 saturated heterocycles. The van der Waals surface area contributed by atoms with Crippen LogP contribution in [0.4, 0.5) is 0 Å². The maximum atomic E-state index is 6.27. The molecule has 4 heavy (non-hydrogen) atoms. The van der Waals surface area contributed by atoms with Crippen LogP contribution in [0.1, 0.15) is 1.37 Å². The fraction of sp³-hybridized carbons (Fsp3) is 1.00. The van der Waals surface area contributed by atoms with Crippen molar-refractivity contribution in [1.82, 2.24) is 0 Å². The molecule has 0 atom stereocenters. The van der Waals surface area contributed by atoms with Gasteiger partial charge in [0.2, 0.25) is 0 Å². The molecule has 6 radical (unpaired) electrons. The Morgan fingerprint density at radius 2 is 1.50 bits per heavy atom. The Morgan fingerprint density at radius 3 is 1.50 bits per heavy atom. The first-order valence-corrected chi connectivity index (χ1v) is 0.866. The Bertz CT molecular complexity index is 22.4. The molecule has 0 aromatic carbocycles. The Labute approximate surface area is 31.6 Å². The lowest BCUT2D eigenvalue weighted by molar-refractivity contribution is 1.91. The molecule has 0 fully saturated rings. The van der Waals surface area contributed by atoms with Crippen LogP contribution in [-0.4, -0.2) is 23.5 Å². The van der Waals surface area contributed by atoms with Crippen LogP contribution in [0, 0.1) is 0 Å². The van der Waals surface area contributed by atoms with Crippen molar-refractivity contribution in [1.29, 1.82) is 0 Å². The molecule has 0 unspecified atom stereocenters. The summed E-state index contributed by atoms with van der Waals surface area (Å²) in [7, 11) is 13.7. The molecule has 0 spiro atoms. The zero-order valence-corrected chi connectivity index (χ0v) is 2.23. The summed E-state index contributed by atoms with van der Waals surface area (Å²) in [4.78, 5) is 0. The van der Waals surface area contributed by atoms with Crippen LogP contribution < -0.4 is 0 Å². The molecule has 0 N–H and O–H groups in total. The molecule has 0 rings (SSSR count). The lowest BCUT2D eigenvalue weighted by Gasteiger charge is -1.78. The first-order valence-electron chi connectivity index (χ1n) is 1.37. The molecule has 0 nitrogen and oxygen atoms in total. The van der Waals surface area contributed by atoms with Crippen molar-refractivity contribution in [2.45, 2.75) is 5.59 Å². The van der Waals surface area contributed by atoms with Crippen molar-refractivity contribution in [3.63, 3.8) is 0 Å². The van der Waals surface area contributed by atoms with Crippen LogP contribution in [0.5, 0.6) is 0 Å². The van der Waals surface area contributed by atoms with Gasteiger partial charge in [-0.2, -0.15) is 0 Å². The highest BCUT2D eigenvalue weighted by Gasteiger charge is 1.69. The van der Waals surface area contributed by atoms with Crippen LogP contribution in [0.3, 0.4) is 0 Å². The fourth-order valence-electron chi connectivity index (χ4n) is 0. The smallest absolute Gasteiger partial charge is 0.0470 e. The third kappa shape index (κ3) is 82.6. The monoisotopic (exact) mass is 47.0 g/mol. The van der Waals surface area contributed by atoms with Crippen molar-refractivity contribution in [3.05, 3.63) is 0 Å². The number of hydrogen-bond acceptors (Lipinski definition) is 0. The molecule has 0 saturated carbocycles. The van der Waals surface area contributed by atoms with Gasteiger partial charge in [-0.1, -0.05) is 0 Å². The van der Waals surface area contributed by atoms with Gasteiger partial charge >= 0.3 is 0 Å². The molecule has 0 aliphatic rings. The normalized spacial score (nSPS) is 14.5. The second kappa shape index (κ2) is 1.51. The summed E-state index contributed by atoms with van der Waals surface area (Å²) in [5.41, 5.74) is -1.75. The van der Waals surface area contributed by atoms with E-state index in [0.29, 0.717) is 0 Å². The maximum absolute atomic E-state index is 6.27. The topological polar surface area (TPSA) is 0 Å². The standard InChI is InChI=1S/CHB3/c2-1(3)4/h1H/i1D. The van der Waals surface area contributed by atoms with Gasteiger partial charge in [-0.3, -0.25) is 0 Å². The Balaban J connectivity index is 3.02. The Hall–Kier alpha value is 0.195. The Morgan fingerprint density at radius 1 is 1.50 bits per heavy atom. The summed E-state index contributed by atoms with van der Waals surface area (Å²) in [6.07, 6.45) is 0. The molecule has 0 aliphatic heterocycles. The SMILES string of the molecule is [2H]C([B])([B])[B]. The van der Waals surface area contributed by atoms with E-state index in [4.69, 9.17) is 1.37 Å². The second-order valence-electron chi connectivity index (χ2n) is 0.500. The van der Waals surface area contributed by atoms with Gasteiger partial charge in [-0.05, 0) is 0 Å². The highest BCUT2D eigenvalue weighted by atomic mass is 13.2. The van der Waals surface area contributed by atoms with Gasteiger partial charge in [-0.25, -0.2) is 0 Å². The van der Waals surface area contributed by atoms with E-state index in [1.807, 2.05) is 0 Å². The highest BCUT2D eigenvalue weighted by molar-refractivity contribution is 6.54. The molecule has 0 aliphatic carbocycles. The van der Waals surface area contributed by atoms with E-state index in [0.717, 1.165) is 0 Å². The van der Waals surface area contributed by atoms with Gasteiger partial charge in [0.25, 0.3) is 0 Å². The summed E-state index contributed by atoms with van der Waals surface area (Å²) >= 11 is 0. The van der Waals surface area contributed by atoms with Gasteiger partial charge in [0.15, 0.2) is 0 Å². The predicted molar refractivity (Wildman–Crippen MR) is 21.0 cm³/mol. The van der Waals surface area contributed by atoms with E-state index in [1.165, 1.54) is 0 Å². The van der Waals surface area contributed by atoms with Gasteiger partial charge in [0.1, 0.15) is 0 Å². The summed E-state index contributed by atoms with van der Waals surface area (Å²) in [6, 6.07) is 0. The molecular weight excluding hydrogens is 44.4 g/mol. The maximum Gasteiger partial charge on any atom is 0.0470 e. The number of hydrogen-bond donors (Lipinski definition) is 0. The van der Waals surface area contributed by atoms with Crippen molar-refractivity contribution in [2.24, 2.45) is 0 Å². The summed E-state index contributed by atoms with van der Waals surface area (Å²) < 4.78 is 6.27. The largest absolute Gasteiger partial charge is 0.142 e. The molecule has 0 heterocycles. The van der Waals surface area contributed by atoms with Crippen LogP contribution >= 0.6 is 0 Å². The first-order chi connectivity index (χ1) is 2.00. The summed E-state index contributed by atoms with van der Waals surface area (Å²) in [5, 5.41) is 0. The molecular formula is CHB3. The third-order valence-electron chi connectivity index (χ3n) is 0. The zero-order valence-electron chi connectivity index (χ0n) is 3.23. The second-order valence-corrected chi connectivity index (χ2v) is 0.500. The minimum Gasteiger partial charge on any atom is -0.142 e. The summed E-state index contributed by atoms with van der Waals surface area (Å²) in [6.45, 7) is 0. The highest BCUT2D eigenvalue weighted by Crippen LogP contribution is 1.68. The van der Waals surface area contributed by atoms with Crippen molar-refractivity contribution in [3.8, 4) is 0 Å². The van der Waals surface area contributed by atoms with Crippen LogP contribution in [0.25, 0.3) is 0 Å². The zero-order chi connectivity index (χ0) is 4.50. The number of rotatable bonds is 0. The average Bonchev–Trinajstić information content (AvgIpc) is 0.722. The minimum absolute atomic E-state index is 1.75. The minimum atomic E-state index is -1.75. The van der Waals surface area contributed by atoms with E-state index in [-0.39, 0.29) is 0 Å².